The van der Waals surface area contributed by atoms with E-state index in [1.165, 1.54) is 16.3 Å². The number of benzene rings is 2. The molecule has 0 unspecified atom stereocenters. The lowest BCUT2D eigenvalue weighted by atomic mass is 9.75. The molecule has 1 N–H and O–H groups in total. The van der Waals surface area contributed by atoms with Gasteiger partial charge in [-0.2, -0.15) is 0 Å². The summed E-state index contributed by atoms with van der Waals surface area (Å²) >= 11 is 0. The van der Waals surface area contributed by atoms with E-state index in [2.05, 4.69) is 66.2 Å². The topological polar surface area (TPSA) is 56.4 Å². The van der Waals surface area contributed by atoms with E-state index < -0.39 is 0 Å². The van der Waals surface area contributed by atoms with Gasteiger partial charge >= 0.3 is 0 Å². The van der Waals surface area contributed by atoms with Crippen molar-refractivity contribution < 1.29 is 9.59 Å². The van der Waals surface area contributed by atoms with Gasteiger partial charge in [-0.1, -0.05) is 56.3 Å². The second kappa shape index (κ2) is 7.89. The fraction of sp³-hybridized carbons (Fsp3) is 0.407. The number of nitrogens with zero attached hydrogens (tertiary/aromatic N) is 2. The lowest BCUT2D eigenvalue weighted by Gasteiger charge is -2.35. The molecule has 1 fully saturated rings. The first kappa shape index (κ1) is 21.0. The van der Waals surface area contributed by atoms with Gasteiger partial charge in [0, 0.05) is 50.4 Å². The Labute approximate surface area is 189 Å². The number of hydrogen-bond donors (Lipinski definition) is 1. The monoisotopic (exact) mass is 429 g/mol. The molecule has 3 aromatic rings. The van der Waals surface area contributed by atoms with Gasteiger partial charge < -0.3 is 9.88 Å². The van der Waals surface area contributed by atoms with Crippen LogP contribution in [0.1, 0.15) is 57.9 Å². The molecule has 0 radical (unpaired) electrons. The molecule has 0 spiro atoms. The Morgan fingerprint density at radius 3 is 2.50 bits per heavy atom. The van der Waals surface area contributed by atoms with Gasteiger partial charge in [-0.25, -0.2) is 0 Å². The zero-order valence-corrected chi connectivity index (χ0v) is 19.2. The normalized spacial score (nSPS) is 18.7. The van der Waals surface area contributed by atoms with E-state index in [0.29, 0.717) is 25.2 Å². The number of rotatable bonds is 3. The van der Waals surface area contributed by atoms with Gasteiger partial charge in [0.15, 0.2) is 5.78 Å². The van der Waals surface area contributed by atoms with Gasteiger partial charge in [-0.15, -0.1) is 0 Å². The Hall–Kier alpha value is -2.92. The van der Waals surface area contributed by atoms with Crippen molar-refractivity contribution >= 4 is 22.5 Å². The van der Waals surface area contributed by atoms with Crippen molar-refractivity contribution in [3.05, 3.63) is 70.5 Å². The van der Waals surface area contributed by atoms with Crippen LogP contribution in [0.2, 0.25) is 0 Å². The first-order valence-corrected chi connectivity index (χ1v) is 11.6. The molecule has 2 aliphatic rings. The molecule has 32 heavy (non-hydrogen) atoms. The van der Waals surface area contributed by atoms with E-state index in [0.717, 1.165) is 42.9 Å². The Balaban J connectivity index is 1.28. The minimum atomic E-state index is -0.0606. The van der Waals surface area contributed by atoms with Crippen LogP contribution in [0.25, 0.3) is 10.8 Å². The van der Waals surface area contributed by atoms with Crippen molar-refractivity contribution in [2.24, 2.45) is 5.41 Å². The van der Waals surface area contributed by atoms with Crippen LogP contribution < -0.4 is 0 Å². The number of aromatic amines is 1. The molecule has 166 valence electrons. The summed E-state index contributed by atoms with van der Waals surface area (Å²) in [7, 11) is 0. The van der Waals surface area contributed by atoms with Gasteiger partial charge in [-0.05, 0) is 40.7 Å². The first-order chi connectivity index (χ1) is 15.3. The highest BCUT2D eigenvalue weighted by Gasteiger charge is 2.36. The number of aromatic nitrogens is 1. The van der Waals surface area contributed by atoms with Crippen molar-refractivity contribution in [3.8, 4) is 0 Å². The molecule has 0 bridgehead atoms. The van der Waals surface area contributed by atoms with Crippen LogP contribution in [-0.4, -0.2) is 52.7 Å². The molecule has 5 rings (SSSR count). The first-order valence-electron chi connectivity index (χ1n) is 11.6. The molecule has 0 saturated carbocycles. The van der Waals surface area contributed by atoms with E-state index >= 15 is 0 Å². The molecule has 2 aromatic carbocycles. The number of Topliss-reactive ketones (excluding diaryl/α,β-unsaturated/α-hetero) is 1. The van der Waals surface area contributed by atoms with Crippen molar-refractivity contribution in [2.45, 2.75) is 40.2 Å². The predicted molar refractivity (Wildman–Crippen MR) is 127 cm³/mol. The highest BCUT2D eigenvalue weighted by Crippen LogP contribution is 2.37. The lowest BCUT2D eigenvalue weighted by Crippen LogP contribution is -2.48. The zero-order valence-electron chi connectivity index (χ0n) is 19.2. The molecule has 2 heterocycles. The van der Waals surface area contributed by atoms with E-state index in [4.69, 9.17) is 0 Å². The number of fused-ring (bicyclic) bond motifs is 2. The van der Waals surface area contributed by atoms with Gasteiger partial charge in [0.25, 0.3) is 5.91 Å². The maximum Gasteiger partial charge on any atom is 0.270 e. The summed E-state index contributed by atoms with van der Waals surface area (Å²) in [6.45, 7) is 10.1. The van der Waals surface area contributed by atoms with Crippen LogP contribution in [0, 0.1) is 12.3 Å². The fourth-order valence-electron chi connectivity index (χ4n) is 5.38. The Morgan fingerprint density at radius 2 is 1.72 bits per heavy atom. The zero-order chi connectivity index (χ0) is 22.5. The number of piperazine rings is 1. The second-order valence-electron chi connectivity index (χ2n) is 10.1. The molecule has 1 saturated heterocycles. The van der Waals surface area contributed by atoms with Crippen LogP contribution >= 0.6 is 0 Å². The second-order valence-corrected chi connectivity index (χ2v) is 10.1. The largest absolute Gasteiger partial charge is 0.354 e. The minimum absolute atomic E-state index is 0.0207. The van der Waals surface area contributed by atoms with Crippen LogP contribution in [0.5, 0.6) is 0 Å². The van der Waals surface area contributed by atoms with Gasteiger partial charge in [-0.3, -0.25) is 14.5 Å². The summed E-state index contributed by atoms with van der Waals surface area (Å²) in [6, 6.07) is 15.0. The van der Waals surface area contributed by atoms with Gasteiger partial charge in [0.2, 0.25) is 0 Å². The van der Waals surface area contributed by atoms with E-state index in [9.17, 15) is 9.59 Å². The molecule has 1 amide bonds. The Morgan fingerprint density at radius 1 is 1.00 bits per heavy atom. The number of carbonyl (C=O) groups excluding carboxylic acids is 2. The van der Waals surface area contributed by atoms with Crippen LogP contribution in [-0.2, 0) is 13.0 Å². The van der Waals surface area contributed by atoms with Crippen LogP contribution in [0.3, 0.4) is 0 Å². The smallest absolute Gasteiger partial charge is 0.270 e. The Bertz CT molecular complexity index is 1190. The highest BCUT2D eigenvalue weighted by molar-refractivity contribution is 6.04. The number of H-pyrrole nitrogens is 1. The van der Waals surface area contributed by atoms with Crippen LogP contribution in [0.4, 0.5) is 0 Å². The van der Waals surface area contributed by atoms with Crippen molar-refractivity contribution in [2.75, 3.05) is 26.2 Å². The molecule has 5 heteroatoms. The summed E-state index contributed by atoms with van der Waals surface area (Å²) in [4.78, 5) is 33.7. The molecule has 1 aromatic heterocycles. The third-order valence-electron chi connectivity index (χ3n) is 7.05. The summed E-state index contributed by atoms with van der Waals surface area (Å²) in [6.07, 6.45) is 1.35. The number of ketones is 1. The number of hydrogen-bond acceptors (Lipinski definition) is 3. The van der Waals surface area contributed by atoms with Crippen molar-refractivity contribution in [1.29, 1.82) is 0 Å². The van der Waals surface area contributed by atoms with E-state index in [1.807, 2.05) is 11.8 Å². The average Bonchev–Trinajstić information content (AvgIpc) is 3.09. The lowest BCUT2D eigenvalue weighted by molar-refractivity contribution is 0.0622. The predicted octanol–water partition coefficient (Wildman–Crippen LogP) is 4.59. The maximum absolute atomic E-state index is 13.3. The number of amides is 1. The van der Waals surface area contributed by atoms with Gasteiger partial charge in [0.1, 0.15) is 5.69 Å². The minimum Gasteiger partial charge on any atom is -0.354 e. The quantitative estimate of drug-likeness (QED) is 0.663. The van der Waals surface area contributed by atoms with E-state index in [-0.39, 0.29) is 17.1 Å². The molecule has 5 nitrogen and oxygen atoms in total. The molecular formula is C27H31N3O2. The summed E-state index contributed by atoms with van der Waals surface area (Å²) in [5, 5.41) is 2.57. The van der Waals surface area contributed by atoms with E-state index in [1.54, 1.807) is 0 Å². The third kappa shape index (κ3) is 3.75. The molecule has 1 aliphatic carbocycles. The third-order valence-corrected chi connectivity index (χ3v) is 7.05. The fourth-order valence-corrected chi connectivity index (χ4v) is 5.38. The molecule has 0 atom stereocenters. The van der Waals surface area contributed by atoms with Crippen molar-refractivity contribution in [1.82, 2.24) is 14.8 Å². The molecule has 1 aliphatic heterocycles. The molecular weight excluding hydrogens is 398 g/mol. The van der Waals surface area contributed by atoms with Crippen LogP contribution in [0.15, 0.2) is 42.5 Å². The van der Waals surface area contributed by atoms with Crippen molar-refractivity contribution in [3.63, 3.8) is 0 Å². The SMILES string of the molecule is Cc1c(C(=O)N2CCN(Cc3cccc4ccccc34)CC2)[nH]c2c1C(=O)CC(C)(C)C2. The summed E-state index contributed by atoms with van der Waals surface area (Å²) in [5.74, 6) is 0.177. The van der Waals surface area contributed by atoms with Gasteiger partial charge in [0.05, 0.1) is 0 Å². The number of carbonyl (C=O) groups is 2. The highest BCUT2D eigenvalue weighted by atomic mass is 16.2. The average molecular weight is 430 g/mol. The number of nitrogens with one attached hydrogen (secondary N) is 1. The maximum atomic E-state index is 13.3. The summed E-state index contributed by atoms with van der Waals surface area (Å²) in [5.41, 5.74) is 4.38. The summed E-state index contributed by atoms with van der Waals surface area (Å²) < 4.78 is 0. The standard InChI is InChI=1S/C27H31N3O2/c1-18-24-22(15-27(2,3)16-23(24)31)28-25(18)26(32)30-13-11-29(12-14-30)17-20-9-6-8-19-7-4-5-10-21(19)20/h4-10,28H,11-17H2,1-3H3. The Kier molecular flexibility index (Phi) is 5.17.